The second kappa shape index (κ2) is 6.11. The number of pyridine rings is 1. The molecule has 0 aliphatic heterocycles. The molecule has 2 rings (SSSR count). The molecule has 1 atom stereocenters. The first kappa shape index (κ1) is 13.2. The van der Waals surface area contributed by atoms with Gasteiger partial charge in [-0.15, -0.1) is 0 Å². The first-order chi connectivity index (χ1) is 9.20. The molecule has 0 unspecified atom stereocenters. The van der Waals surface area contributed by atoms with E-state index in [0.717, 1.165) is 11.1 Å². The van der Waals surface area contributed by atoms with Crippen LogP contribution >= 0.6 is 0 Å². The van der Waals surface area contributed by atoms with Gasteiger partial charge in [-0.1, -0.05) is 30.3 Å². The number of carbonyl (C=O) groups excluding carboxylic acids is 1. The van der Waals surface area contributed by atoms with Crippen molar-refractivity contribution in [1.29, 1.82) is 0 Å². The van der Waals surface area contributed by atoms with E-state index in [-0.39, 0.29) is 12.5 Å². The summed E-state index contributed by atoms with van der Waals surface area (Å²) in [4.78, 5) is 16.1. The van der Waals surface area contributed by atoms with Gasteiger partial charge in [0, 0.05) is 12.4 Å². The Hall–Kier alpha value is -2.20. The van der Waals surface area contributed by atoms with Crippen LogP contribution in [0.2, 0.25) is 0 Å². The van der Waals surface area contributed by atoms with Gasteiger partial charge in [-0.05, 0) is 24.1 Å². The second-order valence-corrected chi connectivity index (χ2v) is 4.37. The van der Waals surface area contributed by atoms with Crippen LogP contribution in [0.4, 0.5) is 0 Å². The molecule has 4 heteroatoms. The van der Waals surface area contributed by atoms with Crippen molar-refractivity contribution in [2.45, 2.75) is 13.0 Å². The van der Waals surface area contributed by atoms with Crippen molar-refractivity contribution in [1.82, 2.24) is 10.3 Å². The molecule has 0 aliphatic carbocycles. The smallest absolute Gasteiger partial charge is 0.253 e. The molecule has 1 aromatic heterocycles. The molecule has 1 heterocycles. The lowest BCUT2D eigenvalue weighted by Crippen LogP contribution is -2.30. The summed E-state index contributed by atoms with van der Waals surface area (Å²) in [5.41, 5.74) is 2.29. The van der Waals surface area contributed by atoms with E-state index in [1.54, 1.807) is 12.3 Å². The Morgan fingerprint density at radius 1 is 1.32 bits per heavy atom. The van der Waals surface area contributed by atoms with Crippen LogP contribution in [0.3, 0.4) is 0 Å². The molecule has 98 valence electrons. The van der Waals surface area contributed by atoms with Crippen LogP contribution in [0.5, 0.6) is 0 Å². The van der Waals surface area contributed by atoms with Crippen LogP contribution in [0, 0.1) is 6.92 Å². The van der Waals surface area contributed by atoms with Crippen molar-refractivity contribution in [3.63, 3.8) is 0 Å². The summed E-state index contributed by atoms with van der Waals surface area (Å²) < 4.78 is 0. The highest BCUT2D eigenvalue weighted by Crippen LogP contribution is 2.12. The molecule has 0 radical (unpaired) electrons. The SMILES string of the molecule is Cc1cncc(C(=O)N[C@H](CO)c2ccccc2)c1. The van der Waals surface area contributed by atoms with Crippen LogP contribution < -0.4 is 5.32 Å². The van der Waals surface area contributed by atoms with Crippen LogP contribution in [-0.4, -0.2) is 22.6 Å². The summed E-state index contributed by atoms with van der Waals surface area (Å²) >= 11 is 0. The van der Waals surface area contributed by atoms with Gasteiger partial charge in [0.25, 0.3) is 5.91 Å². The van der Waals surface area contributed by atoms with E-state index < -0.39 is 6.04 Å². The number of nitrogens with zero attached hydrogens (tertiary/aromatic N) is 1. The molecule has 0 spiro atoms. The van der Waals surface area contributed by atoms with E-state index in [1.807, 2.05) is 37.3 Å². The zero-order valence-electron chi connectivity index (χ0n) is 10.7. The van der Waals surface area contributed by atoms with Crippen LogP contribution in [0.15, 0.2) is 48.8 Å². The fourth-order valence-electron chi connectivity index (χ4n) is 1.84. The van der Waals surface area contributed by atoms with E-state index in [4.69, 9.17) is 0 Å². The van der Waals surface area contributed by atoms with Crippen LogP contribution in [-0.2, 0) is 0 Å². The molecular weight excluding hydrogens is 240 g/mol. The lowest BCUT2D eigenvalue weighted by Gasteiger charge is -2.16. The second-order valence-electron chi connectivity index (χ2n) is 4.37. The Bertz CT molecular complexity index is 555. The number of hydrogen-bond acceptors (Lipinski definition) is 3. The van der Waals surface area contributed by atoms with Gasteiger partial charge in [-0.25, -0.2) is 0 Å². The molecule has 1 aromatic carbocycles. The number of benzene rings is 1. The summed E-state index contributed by atoms with van der Waals surface area (Å²) in [5, 5.41) is 12.2. The van der Waals surface area contributed by atoms with Gasteiger partial charge in [0.05, 0.1) is 18.2 Å². The highest BCUT2D eigenvalue weighted by molar-refractivity contribution is 5.94. The van der Waals surface area contributed by atoms with Crippen molar-refractivity contribution in [3.8, 4) is 0 Å². The number of carbonyl (C=O) groups is 1. The van der Waals surface area contributed by atoms with Crippen LogP contribution in [0.25, 0.3) is 0 Å². The molecule has 4 nitrogen and oxygen atoms in total. The monoisotopic (exact) mass is 256 g/mol. The average Bonchev–Trinajstić information content (AvgIpc) is 2.45. The van der Waals surface area contributed by atoms with Gasteiger partial charge in [0.15, 0.2) is 0 Å². The summed E-state index contributed by atoms with van der Waals surface area (Å²) in [5.74, 6) is -0.237. The third kappa shape index (κ3) is 3.39. The Labute approximate surface area is 112 Å². The summed E-state index contributed by atoms with van der Waals surface area (Å²) in [6, 6.07) is 10.7. The van der Waals surface area contributed by atoms with Crippen molar-refractivity contribution in [3.05, 3.63) is 65.5 Å². The molecule has 2 aromatic rings. The first-order valence-corrected chi connectivity index (χ1v) is 6.09. The van der Waals surface area contributed by atoms with E-state index >= 15 is 0 Å². The van der Waals surface area contributed by atoms with Crippen molar-refractivity contribution in [2.75, 3.05) is 6.61 Å². The molecular formula is C15H16N2O2. The summed E-state index contributed by atoms with van der Waals surface area (Å²) in [6.45, 7) is 1.74. The molecule has 1 amide bonds. The number of rotatable bonds is 4. The van der Waals surface area contributed by atoms with Crippen LogP contribution in [0.1, 0.15) is 27.5 Å². The van der Waals surface area contributed by atoms with Gasteiger partial charge in [0.2, 0.25) is 0 Å². The van der Waals surface area contributed by atoms with Crippen molar-refractivity contribution in [2.24, 2.45) is 0 Å². The fourth-order valence-corrected chi connectivity index (χ4v) is 1.84. The maximum atomic E-state index is 12.1. The molecule has 0 fully saturated rings. The van der Waals surface area contributed by atoms with E-state index in [2.05, 4.69) is 10.3 Å². The number of hydrogen-bond donors (Lipinski definition) is 2. The predicted molar refractivity (Wildman–Crippen MR) is 72.7 cm³/mol. The van der Waals surface area contributed by atoms with E-state index in [1.165, 1.54) is 6.20 Å². The number of amides is 1. The molecule has 0 saturated carbocycles. The van der Waals surface area contributed by atoms with Gasteiger partial charge in [0.1, 0.15) is 0 Å². The van der Waals surface area contributed by atoms with Gasteiger partial charge >= 0.3 is 0 Å². The highest BCUT2D eigenvalue weighted by Gasteiger charge is 2.14. The third-order valence-corrected chi connectivity index (χ3v) is 2.83. The fraction of sp³-hybridized carbons (Fsp3) is 0.200. The third-order valence-electron chi connectivity index (χ3n) is 2.83. The molecule has 19 heavy (non-hydrogen) atoms. The van der Waals surface area contributed by atoms with Gasteiger partial charge in [-0.3, -0.25) is 9.78 Å². The molecule has 0 bridgehead atoms. The number of aryl methyl sites for hydroxylation is 1. The van der Waals surface area contributed by atoms with Gasteiger partial charge in [-0.2, -0.15) is 0 Å². The number of nitrogens with one attached hydrogen (secondary N) is 1. The number of aromatic nitrogens is 1. The van der Waals surface area contributed by atoms with Crippen molar-refractivity contribution >= 4 is 5.91 Å². The Morgan fingerprint density at radius 3 is 2.68 bits per heavy atom. The minimum Gasteiger partial charge on any atom is -0.394 e. The Balaban J connectivity index is 2.13. The predicted octanol–water partition coefficient (Wildman–Crippen LogP) is 1.85. The Morgan fingerprint density at radius 2 is 2.05 bits per heavy atom. The topological polar surface area (TPSA) is 62.2 Å². The zero-order valence-corrected chi connectivity index (χ0v) is 10.7. The average molecular weight is 256 g/mol. The lowest BCUT2D eigenvalue weighted by molar-refractivity contribution is 0.0915. The van der Waals surface area contributed by atoms with Crippen molar-refractivity contribution < 1.29 is 9.90 Å². The standard InChI is InChI=1S/C15H16N2O2/c1-11-7-13(9-16-8-11)15(19)17-14(10-18)12-5-3-2-4-6-12/h2-9,14,18H,10H2,1H3,(H,17,19)/t14-/m1/s1. The van der Waals surface area contributed by atoms with E-state index in [0.29, 0.717) is 5.56 Å². The minimum absolute atomic E-state index is 0.144. The van der Waals surface area contributed by atoms with E-state index in [9.17, 15) is 9.90 Å². The molecule has 0 aliphatic rings. The Kier molecular flexibility index (Phi) is 4.26. The number of aliphatic hydroxyl groups is 1. The van der Waals surface area contributed by atoms with Gasteiger partial charge < -0.3 is 10.4 Å². The highest BCUT2D eigenvalue weighted by atomic mass is 16.3. The quantitative estimate of drug-likeness (QED) is 0.877. The molecule has 0 saturated heterocycles. The largest absolute Gasteiger partial charge is 0.394 e. The summed E-state index contributed by atoms with van der Waals surface area (Å²) in [6.07, 6.45) is 3.21. The maximum absolute atomic E-state index is 12.1. The first-order valence-electron chi connectivity index (χ1n) is 6.09. The molecule has 2 N–H and O–H groups in total. The number of aliphatic hydroxyl groups excluding tert-OH is 1. The minimum atomic E-state index is -0.408. The normalized spacial score (nSPS) is 11.9. The zero-order chi connectivity index (χ0) is 13.7. The maximum Gasteiger partial charge on any atom is 0.253 e. The summed E-state index contributed by atoms with van der Waals surface area (Å²) in [7, 11) is 0. The lowest BCUT2D eigenvalue weighted by atomic mass is 10.1.